The van der Waals surface area contributed by atoms with Gasteiger partial charge in [-0.1, -0.05) is 0 Å². The molecule has 6 nitrogen and oxygen atoms in total. The Morgan fingerprint density at radius 2 is 2.16 bits per heavy atom. The predicted octanol–water partition coefficient (Wildman–Crippen LogP) is 0.284. The summed E-state index contributed by atoms with van der Waals surface area (Å²) in [5.41, 5.74) is 6.27. The van der Waals surface area contributed by atoms with Crippen LogP contribution in [0.5, 0.6) is 0 Å². The number of carbonyl (C=O) groups is 1. The maximum absolute atomic E-state index is 11.8. The van der Waals surface area contributed by atoms with Gasteiger partial charge in [0.05, 0.1) is 19.3 Å². The molecule has 0 heterocycles. The minimum atomic E-state index is -0.721. The molecule has 1 aliphatic rings. The van der Waals surface area contributed by atoms with Gasteiger partial charge in [-0.2, -0.15) is 0 Å². The van der Waals surface area contributed by atoms with Gasteiger partial charge in [-0.25, -0.2) is 4.79 Å². The van der Waals surface area contributed by atoms with Crippen molar-refractivity contribution >= 4 is 6.09 Å². The highest BCUT2D eigenvalue weighted by Gasteiger charge is 2.27. The molecule has 0 spiro atoms. The van der Waals surface area contributed by atoms with Crippen LogP contribution in [0.15, 0.2) is 11.1 Å². The third kappa shape index (κ3) is 4.49. The van der Waals surface area contributed by atoms with Crippen LogP contribution < -0.4 is 11.1 Å². The summed E-state index contributed by atoms with van der Waals surface area (Å²) in [7, 11) is 0. The lowest BCUT2D eigenvalue weighted by Gasteiger charge is -2.30. The topological polar surface area (TPSA) is 105 Å². The second-order valence-corrected chi connectivity index (χ2v) is 5.39. The number of hydrogen-bond donors (Lipinski definition) is 4. The highest BCUT2D eigenvalue weighted by Crippen LogP contribution is 2.25. The normalized spacial score (nSPS) is 20.4. The highest BCUT2D eigenvalue weighted by molar-refractivity contribution is 5.69. The highest BCUT2D eigenvalue weighted by atomic mass is 16.6. The molecule has 5 N–H and O–H groups in total. The smallest absolute Gasteiger partial charge is 0.408 e. The Bertz CT molecular complexity index is 353. The van der Waals surface area contributed by atoms with E-state index in [0.717, 1.165) is 24.8 Å². The molecular formula is C13H24N2O4. The largest absolute Gasteiger partial charge is 0.442 e. The van der Waals surface area contributed by atoms with Gasteiger partial charge in [0.25, 0.3) is 0 Å². The molecule has 1 rings (SSSR count). The van der Waals surface area contributed by atoms with Crippen LogP contribution in [0.2, 0.25) is 0 Å². The molecule has 1 amide bonds. The van der Waals surface area contributed by atoms with Crippen molar-refractivity contribution in [2.24, 2.45) is 5.73 Å². The molecule has 1 aliphatic carbocycles. The number of alkyl carbamates (subject to hydrolysis) is 1. The summed E-state index contributed by atoms with van der Waals surface area (Å²) in [6.07, 6.45) is 1.81. The Balaban J connectivity index is 2.68. The first-order chi connectivity index (χ1) is 8.93. The van der Waals surface area contributed by atoms with Crippen LogP contribution in [0.4, 0.5) is 4.79 Å². The molecule has 0 aromatic rings. The monoisotopic (exact) mass is 272 g/mol. The summed E-state index contributed by atoms with van der Waals surface area (Å²) in [4.78, 5) is 11.8. The van der Waals surface area contributed by atoms with E-state index in [2.05, 4.69) is 5.32 Å². The minimum absolute atomic E-state index is 0.0859. The molecule has 0 saturated heterocycles. The van der Waals surface area contributed by atoms with Crippen molar-refractivity contribution in [2.45, 2.75) is 44.8 Å². The van der Waals surface area contributed by atoms with E-state index in [1.165, 1.54) is 0 Å². The van der Waals surface area contributed by atoms with Gasteiger partial charge in [-0.05, 0) is 44.3 Å². The average molecular weight is 272 g/mol. The fraction of sp³-hybridized carbons (Fsp3) is 0.769. The van der Waals surface area contributed by atoms with Crippen molar-refractivity contribution in [3.05, 3.63) is 11.1 Å². The maximum atomic E-state index is 11.8. The number of aliphatic hydroxyl groups is 2. The molecule has 0 aliphatic heterocycles. The number of rotatable bonds is 5. The maximum Gasteiger partial charge on any atom is 0.408 e. The zero-order valence-electron chi connectivity index (χ0n) is 11.6. The van der Waals surface area contributed by atoms with Crippen molar-refractivity contribution in [1.29, 1.82) is 0 Å². The fourth-order valence-electron chi connectivity index (χ4n) is 2.13. The Labute approximate surface area is 113 Å². The summed E-state index contributed by atoms with van der Waals surface area (Å²) >= 11 is 0. The number of nitrogens with one attached hydrogen (secondary N) is 1. The second kappa shape index (κ2) is 6.88. The lowest BCUT2D eigenvalue weighted by Crippen LogP contribution is -2.45. The summed E-state index contributed by atoms with van der Waals surface area (Å²) in [5.74, 6) is 0. The van der Waals surface area contributed by atoms with E-state index in [-0.39, 0.29) is 25.8 Å². The van der Waals surface area contributed by atoms with Crippen LogP contribution in [0.1, 0.15) is 33.1 Å². The molecule has 0 radical (unpaired) electrons. The van der Waals surface area contributed by atoms with Crippen LogP contribution in [-0.2, 0) is 4.74 Å². The number of carbonyl (C=O) groups excluding carboxylic acids is 1. The van der Waals surface area contributed by atoms with Gasteiger partial charge in [-0.15, -0.1) is 0 Å². The zero-order chi connectivity index (χ0) is 14.5. The number of amides is 1. The van der Waals surface area contributed by atoms with Crippen molar-refractivity contribution in [3.8, 4) is 0 Å². The van der Waals surface area contributed by atoms with Gasteiger partial charge in [0.15, 0.2) is 0 Å². The lowest BCUT2D eigenvalue weighted by atomic mass is 9.88. The van der Waals surface area contributed by atoms with Crippen molar-refractivity contribution in [3.63, 3.8) is 0 Å². The van der Waals surface area contributed by atoms with Gasteiger partial charge in [0.2, 0.25) is 0 Å². The van der Waals surface area contributed by atoms with Gasteiger partial charge in [0, 0.05) is 6.54 Å². The first-order valence-electron chi connectivity index (χ1n) is 6.55. The molecule has 0 aromatic heterocycles. The van der Waals surface area contributed by atoms with Crippen LogP contribution in [0.25, 0.3) is 0 Å². The van der Waals surface area contributed by atoms with Crippen molar-refractivity contribution in [2.75, 3.05) is 19.8 Å². The second-order valence-electron chi connectivity index (χ2n) is 5.39. The van der Waals surface area contributed by atoms with Crippen LogP contribution in [0, 0.1) is 0 Å². The van der Waals surface area contributed by atoms with Gasteiger partial charge in [-0.3, -0.25) is 0 Å². The van der Waals surface area contributed by atoms with Crippen LogP contribution in [-0.4, -0.2) is 47.7 Å². The fourth-order valence-corrected chi connectivity index (χ4v) is 2.13. The van der Waals surface area contributed by atoms with E-state index in [4.69, 9.17) is 10.5 Å². The van der Waals surface area contributed by atoms with Crippen molar-refractivity contribution in [1.82, 2.24) is 5.32 Å². The van der Waals surface area contributed by atoms with E-state index >= 15 is 0 Å². The molecule has 6 heteroatoms. The number of aliphatic hydroxyl groups excluding tert-OH is 2. The number of hydrogen-bond acceptors (Lipinski definition) is 5. The third-order valence-electron chi connectivity index (χ3n) is 3.36. The summed E-state index contributed by atoms with van der Waals surface area (Å²) < 4.78 is 5.21. The summed E-state index contributed by atoms with van der Waals surface area (Å²) in [6.45, 7) is 3.44. The standard InChI is InChI=1S/C13H24N2O4/c1-13(2,8-14)19-12(18)15-11-5-3-4-9(6-16)10(11)7-17/h11,16-17H,3-8,14H2,1-2H3,(H,15,18). The van der Waals surface area contributed by atoms with Gasteiger partial charge >= 0.3 is 6.09 Å². The molecule has 0 aromatic carbocycles. The quantitative estimate of drug-likeness (QED) is 0.538. The molecule has 0 fully saturated rings. The molecule has 110 valence electrons. The summed E-state index contributed by atoms with van der Waals surface area (Å²) in [5, 5.41) is 21.3. The van der Waals surface area contributed by atoms with E-state index in [1.807, 2.05) is 0 Å². The first kappa shape index (κ1) is 15.9. The predicted molar refractivity (Wildman–Crippen MR) is 71.6 cm³/mol. The van der Waals surface area contributed by atoms with Crippen LogP contribution >= 0.6 is 0 Å². The first-order valence-corrected chi connectivity index (χ1v) is 6.55. The van der Waals surface area contributed by atoms with E-state index in [9.17, 15) is 15.0 Å². The van der Waals surface area contributed by atoms with E-state index < -0.39 is 11.7 Å². The Morgan fingerprint density at radius 3 is 2.68 bits per heavy atom. The minimum Gasteiger partial charge on any atom is -0.442 e. The third-order valence-corrected chi connectivity index (χ3v) is 3.36. The van der Waals surface area contributed by atoms with Crippen LogP contribution in [0.3, 0.4) is 0 Å². The molecule has 0 saturated carbocycles. The van der Waals surface area contributed by atoms with E-state index in [1.54, 1.807) is 13.8 Å². The average Bonchev–Trinajstić information content (AvgIpc) is 2.37. The Morgan fingerprint density at radius 1 is 1.47 bits per heavy atom. The summed E-state index contributed by atoms with van der Waals surface area (Å²) in [6, 6.07) is -0.276. The molecule has 1 atom stereocenters. The van der Waals surface area contributed by atoms with Crippen molar-refractivity contribution < 1.29 is 19.7 Å². The number of ether oxygens (including phenoxy) is 1. The van der Waals surface area contributed by atoms with Gasteiger partial charge < -0.3 is 26.0 Å². The lowest BCUT2D eigenvalue weighted by molar-refractivity contribution is 0.0433. The number of nitrogens with two attached hydrogens (primary N) is 1. The Hall–Kier alpha value is -1.11. The Kier molecular flexibility index (Phi) is 5.78. The van der Waals surface area contributed by atoms with Gasteiger partial charge in [0.1, 0.15) is 5.60 Å². The molecule has 19 heavy (non-hydrogen) atoms. The zero-order valence-corrected chi connectivity index (χ0v) is 11.6. The molecule has 0 bridgehead atoms. The SMILES string of the molecule is CC(C)(CN)OC(=O)NC1CCCC(CO)=C1CO. The molecular weight excluding hydrogens is 248 g/mol. The molecule has 1 unspecified atom stereocenters. The van der Waals surface area contributed by atoms with E-state index in [0.29, 0.717) is 5.57 Å².